The first-order chi connectivity index (χ1) is 9.88. The maximum atomic E-state index is 12.0. The number of hydrogen-bond acceptors (Lipinski definition) is 5. The summed E-state index contributed by atoms with van der Waals surface area (Å²) >= 11 is 5.65. The number of hydrogen-bond donors (Lipinski definition) is 1. The Bertz CT molecular complexity index is 591. The Kier molecular flexibility index (Phi) is 7.03. The Morgan fingerprint density at radius 1 is 1.33 bits per heavy atom. The first-order valence-corrected chi connectivity index (χ1v) is 8.17. The normalized spacial score (nSPS) is 11.5. The molecule has 0 aliphatic heterocycles. The number of benzene rings is 1. The zero-order valence-electron chi connectivity index (χ0n) is 11.5. The molecule has 0 atom stereocenters. The van der Waals surface area contributed by atoms with Crippen LogP contribution in [0.25, 0.3) is 0 Å². The molecule has 0 saturated carbocycles. The van der Waals surface area contributed by atoms with Gasteiger partial charge in [0.25, 0.3) is 5.69 Å². The van der Waals surface area contributed by atoms with Crippen molar-refractivity contribution in [3.8, 4) is 0 Å². The van der Waals surface area contributed by atoms with Gasteiger partial charge >= 0.3 is 0 Å². The molecule has 21 heavy (non-hydrogen) atoms. The highest BCUT2D eigenvalue weighted by atomic mass is 35.5. The van der Waals surface area contributed by atoms with E-state index in [9.17, 15) is 18.5 Å². The molecule has 1 rings (SSSR count). The average Bonchev–Trinajstić information content (AvgIpc) is 2.42. The Labute approximate surface area is 128 Å². The van der Waals surface area contributed by atoms with E-state index in [1.807, 2.05) is 0 Å². The summed E-state index contributed by atoms with van der Waals surface area (Å²) in [5, 5.41) is 10.7. The van der Waals surface area contributed by atoms with Gasteiger partial charge in [-0.3, -0.25) is 10.1 Å². The van der Waals surface area contributed by atoms with E-state index in [2.05, 4.69) is 4.72 Å². The second-order valence-corrected chi connectivity index (χ2v) is 6.50. The topological polar surface area (TPSA) is 98.5 Å². The van der Waals surface area contributed by atoms with Crippen LogP contribution in [0, 0.1) is 10.1 Å². The Balaban J connectivity index is 2.66. The molecule has 9 heteroatoms. The van der Waals surface area contributed by atoms with E-state index in [0.29, 0.717) is 13.0 Å². The molecule has 0 aliphatic carbocycles. The number of nitrogens with zero attached hydrogens (tertiary/aromatic N) is 1. The summed E-state index contributed by atoms with van der Waals surface area (Å²) < 4.78 is 31.3. The molecule has 0 aliphatic rings. The molecule has 0 saturated heterocycles. The third kappa shape index (κ3) is 5.58. The van der Waals surface area contributed by atoms with E-state index in [-0.39, 0.29) is 16.5 Å². The maximum absolute atomic E-state index is 12.0. The molecule has 0 amide bonds. The largest absolute Gasteiger partial charge is 0.385 e. The van der Waals surface area contributed by atoms with E-state index in [1.165, 1.54) is 12.1 Å². The van der Waals surface area contributed by atoms with Gasteiger partial charge in [-0.15, -0.1) is 0 Å². The van der Waals surface area contributed by atoms with Crippen LogP contribution in [0.1, 0.15) is 19.3 Å². The smallest absolute Gasteiger partial charge is 0.289 e. The Morgan fingerprint density at radius 2 is 2.05 bits per heavy atom. The van der Waals surface area contributed by atoms with Gasteiger partial charge in [-0.2, -0.15) is 0 Å². The standard InChI is InChI=1S/C12H17ClN2O5S/c1-20-8-4-2-3-7-14-21(18,19)10-5-6-11(13)12(9-10)15(16)17/h5-6,9,14H,2-4,7-8H2,1H3. The highest BCUT2D eigenvalue weighted by molar-refractivity contribution is 7.89. The van der Waals surface area contributed by atoms with E-state index in [1.54, 1.807) is 7.11 Å². The van der Waals surface area contributed by atoms with Gasteiger partial charge in [-0.05, 0) is 31.4 Å². The van der Waals surface area contributed by atoms with E-state index in [4.69, 9.17) is 16.3 Å². The molecule has 0 fully saturated rings. The summed E-state index contributed by atoms with van der Waals surface area (Å²) in [6, 6.07) is 3.39. The van der Waals surface area contributed by atoms with Crippen molar-refractivity contribution in [3.05, 3.63) is 33.3 Å². The maximum Gasteiger partial charge on any atom is 0.289 e. The highest BCUT2D eigenvalue weighted by Crippen LogP contribution is 2.26. The summed E-state index contributed by atoms with van der Waals surface area (Å²) in [6.07, 6.45) is 2.35. The molecule has 1 N–H and O–H groups in total. The number of ether oxygens (including phenoxy) is 1. The van der Waals surface area contributed by atoms with Crippen LogP contribution in [0.15, 0.2) is 23.1 Å². The van der Waals surface area contributed by atoms with Crippen LogP contribution < -0.4 is 4.72 Å². The van der Waals surface area contributed by atoms with E-state index >= 15 is 0 Å². The number of nitro groups is 1. The number of sulfonamides is 1. The molecule has 1 aromatic rings. The van der Waals surface area contributed by atoms with Crippen molar-refractivity contribution < 1.29 is 18.1 Å². The number of halogens is 1. The van der Waals surface area contributed by atoms with Gasteiger partial charge in [0, 0.05) is 26.3 Å². The highest BCUT2D eigenvalue weighted by Gasteiger charge is 2.20. The third-order valence-electron chi connectivity index (χ3n) is 2.74. The predicted octanol–water partition coefficient (Wildman–Crippen LogP) is 2.34. The van der Waals surface area contributed by atoms with Gasteiger partial charge in [-0.1, -0.05) is 11.6 Å². The van der Waals surface area contributed by atoms with Crippen LogP contribution in [0.4, 0.5) is 5.69 Å². The molecule has 0 bridgehead atoms. The lowest BCUT2D eigenvalue weighted by Gasteiger charge is -2.07. The number of nitrogens with one attached hydrogen (secondary N) is 1. The van der Waals surface area contributed by atoms with E-state index in [0.717, 1.165) is 18.9 Å². The molecular weight excluding hydrogens is 320 g/mol. The SMILES string of the molecule is COCCCCCNS(=O)(=O)c1ccc(Cl)c([N+](=O)[O-])c1. The molecule has 0 unspecified atom stereocenters. The lowest BCUT2D eigenvalue weighted by atomic mass is 10.2. The van der Waals surface area contributed by atoms with Crippen LogP contribution in [-0.2, 0) is 14.8 Å². The molecule has 1 aromatic carbocycles. The van der Waals surface area contributed by atoms with Gasteiger partial charge in [0.05, 0.1) is 9.82 Å². The average molecular weight is 337 g/mol. The van der Waals surface area contributed by atoms with Gasteiger partial charge in [0.15, 0.2) is 0 Å². The summed E-state index contributed by atoms with van der Waals surface area (Å²) in [4.78, 5) is 9.87. The summed E-state index contributed by atoms with van der Waals surface area (Å²) in [5.74, 6) is 0. The van der Waals surface area contributed by atoms with Crippen molar-refractivity contribution in [2.24, 2.45) is 0 Å². The second-order valence-electron chi connectivity index (χ2n) is 4.32. The fourth-order valence-corrected chi connectivity index (χ4v) is 2.92. The van der Waals surface area contributed by atoms with Crippen molar-refractivity contribution >= 4 is 27.3 Å². The van der Waals surface area contributed by atoms with Gasteiger partial charge < -0.3 is 4.74 Å². The molecular formula is C12H17ClN2O5S. The van der Waals surface area contributed by atoms with Gasteiger partial charge in [0.1, 0.15) is 5.02 Å². The molecule has 118 valence electrons. The molecule has 0 heterocycles. The minimum Gasteiger partial charge on any atom is -0.385 e. The zero-order chi connectivity index (χ0) is 15.9. The molecule has 0 aromatic heterocycles. The zero-order valence-corrected chi connectivity index (χ0v) is 13.1. The van der Waals surface area contributed by atoms with Crippen molar-refractivity contribution in [1.82, 2.24) is 4.72 Å². The lowest BCUT2D eigenvalue weighted by molar-refractivity contribution is -0.384. The number of nitro benzene ring substituents is 1. The minimum absolute atomic E-state index is 0.0986. The van der Waals surface area contributed by atoms with Crippen LogP contribution in [0.2, 0.25) is 5.02 Å². The quantitative estimate of drug-likeness (QED) is 0.424. The Morgan fingerprint density at radius 3 is 2.67 bits per heavy atom. The van der Waals surface area contributed by atoms with Gasteiger partial charge in [0.2, 0.25) is 10.0 Å². The van der Waals surface area contributed by atoms with Crippen molar-refractivity contribution in [2.75, 3.05) is 20.3 Å². The number of methoxy groups -OCH3 is 1. The fraction of sp³-hybridized carbons (Fsp3) is 0.500. The fourth-order valence-electron chi connectivity index (χ4n) is 1.64. The second kappa shape index (κ2) is 8.28. The Hall–Kier alpha value is -1.22. The van der Waals surface area contributed by atoms with Crippen LogP contribution in [-0.4, -0.2) is 33.6 Å². The first-order valence-electron chi connectivity index (χ1n) is 6.31. The number of rotatable bonds is 9. The van der Waals surface area contributed by atoms with Crippen molar-refractivity contribution in [3.63, 3.8) is 0 Å². The molecule has 0 spiro atoms. The lowest BCUT2D eigenvalue weighted by Crippen LogP contribution is -2.24. The monoisotopic (exact) mass is 336 g/mol. The van der Waals surface area contributed by atoms with Crippen LogP contribution >= 0.6 is 11.6 Å². The van der Waals surface area contributed by atoms with Crippen molar-refractivity contribution in [2.45, 2.75) is 24.2 Å². The third-order valence-corrected chi connectivity index (χ3v) is 4.52. The summed E-state index contributed by atoms with van der Waals surface area (Å²) in [6.45, 7) is 0.901. The summed E-state index contributed by atoms with van der Waals surface area (Å²) in [5.41, 5.74) is -0.431. The molecule has 0 radical (unpaired) electrons. The number of unbranched alkanes of at least 4 members (excludes halogenated alkanes) is 2. The predicted molar refractivity (Wildman–Crippen MR) is 79.0 cm³/mol. The first kappa shape index (κ1) is 17.8. The minimum atomic E-state index is -3.77. The van der Waals surface area contributed by atoms with Gasteiger partial charge in [-0.25, -0.2) is 13.1 Å². The summed E-state index contributed by atoms with van der Waals surface area (Å²) in [7, 11) is -2.16. The van der Waals surface area contributed by atoms with Crippen LogP contribution in [0.3, 0.4) is 0 Å². The van der Waals surface area contributed by atoms with E-state index < -0.39 is 20.6 Å². The molecule has 7 nitrogen and oxygen atoms in total. The van der Waals surface area contributed by atoms with Crippen molar-refractivity contribution in [1.29, 1.82) is 0 Å². The van der Waals surface area contributed by atoms with Crippen LogP contribution in [0.5, 0.6) is 0 Å².